The van der Waals surface area contributed by atoms with Gasteiger partial charge in [0, 0.05) is 19.7 Å². The molecule has 1 heterocycles. The van der Waals surface area contributed by atoms with Gasteiger partial charge in [-0.2, -0.15) is 0 Å². The number of ether oxygens (including phenoxy) is 1. The van der Waals surface area contributed by atoms with Crippen molar-refractivity contribution in [2.45, 2.75) is 26.2 Å². The van der Waals surface area contributed by atoms with Crippen molar-refractivity contribution in [3.8, 4) is 0 Å². The summed E-state index contributed by atoms with van der Waals surface area (Å²) in [4.78, 5) is 14.1. The van der Waals surface area contributed by atoms with Crippen molar-refractivity contribution in [2.75, 3.05) is 36.5 Å². The molecule has 1 aromatic rings. The maximum absolute atomic E-state index is 11.8. The molecule has 4 nitrogen and oxygen atoms in total. The summed E-state index contributed by atoms with van der Waals surface area (Å²) in [5.74, 6) is -0.0914. The first-order chi connectivity index (χ1) is 9.31. The Hall–Kier alpha value is -1.55. The number of hydrogen-bond donors (Lipinski definition) is 1. The number of carbonyl (C=O) groups is 1. The number of nitrogens with zero attached hydrogens (tertiary/aromatic N) is 1. The standard InChI is InChI=1S/C15H22N2O2/c1-2-19-12-15(18)16-13-8-4-5-9-14(13)17-10-6-3-7-11-17/h4-5,8-9H,2-3,6-7,10-12H2,1H3,(H,16,18). The lowest BCUT2D eigenvalue weighted by molar-refractivity contribution is -0.120. The number of amides is 1. The van der Waals surface area contributed by atoms with Gasteiger partial charge in [0.05, 0.1) is 11.4 Å². The van der Waals surface area contributed by atoms with Gasteiger partial charge in [0.1, 0.15) is 6.61 Å². The fourth-order valence-corrected chi connectivity index (χ4v) is 2.37. The third kappa shape index (κ3) is 3.96. The fourth-order valence-electron chi connectivity index (χ4n) is 2.37. The van der Waals surface area contributed by atoms with Crippen LogP contribution in [0.3, 0.4) is 0 Å². The quantitative estimate of drug-likeness (QED) is 0.887. The van der Waals surface area contributed by atoms with E-state index < -0.39 is 0 Å². The van der Waals surface area contributed by atoms with Crippen LogP contribution in [0.2, 0.25) is 0 Å². The van der Waals surface area contributed by atoms with Gasteiger partial charge in [0.15, 0.2) is 0 Å². The average Bonchev–Trinajstić information content (AvgIpc) is 2.46. The maximum atomic E-state index is 11.8. The Kier molecular flexibility index (Phi) is 5.21. The van der Waals surface area contributed by atoms with Crippen LogP contribution in [0.5, 0.6) is 0 Å². The number of piperidine rings is 1. The van der Waals surface area contributed by atoms with Crippen molar-refractivity contribution in [3.63, 3.8) is 0 Å². The molecule has 0 radical (unpaired) electrons. The van der Waals surface area contributed by atoms with Crippen LogP contribution in [0, 0.1) is 0 Å². The van der Waals surface area contributed by atoms with Gasteiger partial charge in [0.25, 0.3) is 0 Å². The Morgan fingerprint density at radius 1 is 1.26 bits per heavy atom. The molecule has 0 saturated carbocycles. The van der Waals surface area contributed by atoms with E-state index in [0.29, 0.717) is 6.61 Å². The van der Waals surface area contributed by atoms with Crippen LogP contribution in [0.25, 0.3) is 0 Å². The molecule has 1 aromatic carbocycles. The molecule has 0 atom stereocenters. The van der Waals surface area contributed by atoms with E-state index in [0.717, 1.165) is 24.5 Å². The highest BCUT2D eigenvalue weighted by molar-refractivity contribution is 5.95. The molecule has 1 aliphatic heterocycles. The minimum absolute atomic E-state index is 0.0914. The molecule has 0 aliphatic carbocycles. The van der Waals surface area contributed by atoms with Gasteiger partial charge < -0.3 is 15.0 Å². The minimum Gasteiger partial charge on any atom is -0.372 e. The fraction of sp³-hybridized carbons (Fsp3) is 0.533. The third-order valence-electron chi connectivity index (χ3n) is 3.31. The van der Waals surface area contributed by atoms with E-state index in [1.807, 2.05) is 25.1 Å². The number of nitrogens with one attached hydrogen (secondary N) is 1. The van der Waals surface area contributed by atoms with E-state index >= 15 is 0 Å². The molecule has 1 aliphatic rings. The summed E-state index contributed by atoms with van der Waals surface area (Å²) < 4.78 is 5.13. The van der Waals surface area contributed by atoms with Crippen LogP contribution in [-0.2, 0) is 9.53 Å². The Morgan fingerprint density at radius 2 is 2.00 bits per heavy atom. The molecule has 1 fully saturated rings. The van der Waals surface area contributed by atoms with Crippen molar-refractivity contribution in [1.29, 1.82) is 0 Å². The summed E-state index contributed by atoms with van der Waals surface area (Å²) in [7, 11) is 0. The Balaban J connectivity index is 2.05. The van der Waals surface area contributed by atoms with Crippen molar-refractivity contribution in [1.82, 2.24) is 0 Å². The zero-order valence-corrected chi connectivity index (χ0v) is 11.5. The molecule has 0 unspecified atom stereocenters. The van der Waals surface area contributed by atoms with Gasteiger partial charge in [-0.25, -0.2) is 0 Å². The van der Waals surface area contributed by atoms with E-state index in [4.69, 9.17) is 4.74 Å². The molecule has 104 valence electrons. The Bertz CT molecular complexity index is 414. The van der Waals surface area contributed by atoms with Crippen LogP contribution in [0.4, 0.5) is 11.4 Å². The largest absolute Gasteiger partial charge is 0.372 e. The highest BCUT2D eigenvalue weighted by atomic mass is 16.5. The SMILES string of the molecule is CCOCC(=O)Nc1ccccc1N1CCCCC1. The summed E-state index contributed by atoms with van der Waals surface area (Å²) in [6.07, 6.45) is 3.75. The van der Waals surface area contributed by atoms with Gasteiger partial charge >= 0.3 is 0 Å². The van der Waals surface area contributed by atoms with Crippen molar-refractivity contribution < 1.29 is 9.53 Å². The van der Waals surface area contributed by atoms with Crippen LogP contribution in [0.15, 0.2) is 24.3 Å². The summed E-state index contributed by atoms with van der Waals surface area (Å²) in [5, 5.41) is 2.94. The molecule has 19 heavy (non-hydrogen) atoms. The van der Waals surface area contributed by atoms with Crippen LogP contribution in [0.1, 0.15) is 26.2 Å². The number of para-hydroxylation sites is 2. The second-order valence-corrected chi connectivity index (χ2v) is 4.75. The average molecular weight is 262 g/mol. The highest BCUT2D eigenvalue weighted by Gasteiger charge is 2.15. The molecule has 0 spiro atoms. The smallest absolute Gasteiger partial charge is 0.250 e. The first kappa shape index (κ1) is 13.9. The van der Waals surface area contributed by atoms with Gasteiger partial charge in [-0.1, -0.05) is 12.1 Å². The molecule has 1 amide bonds. The maximum Gasteiger partial charge on any atom is 0.250 e. The molecule has 1 N–H and O–H groups in total. The van der Waals surface area contributed by atoms with Crippen LogP contribution in [-0.4, -0.2) is 32.2 Å². The van der Waals surface area contributed by atoms with E-state index in [2.05, 4.69) is 16.3 Å². The van der Waals surface area contributed by atoms with Gasteiger partial charge in [0.2, 0.25) is 5.91 Å². The van der Waals surface area contributed by atoms with Gasteiger partial charge in [-0.3, -0.25) is 4.79 Å². The number of rotatable bonds is 5. The number of hydrogen-bond acceptors (Lipinski definition) is 3. The lowest BCUT2D eigenvalue weighted by atomic mass is 10.1. The lowest BCUT2D eigenvalue weighted by Crippen LogP contribution is -2.30. The second-order valence-electron chi connectivity index (χ2n) is 4.75. The normalized spacial score (nSPS) is 15.3. The molecule has 0 aromatic heterocycles. The molecule has 4 heteroatoms. The summed E-state index contributed by atoms with van der Waals surface area (Å²) in [6, 6.07) is 7.99. The summed E-state index contributed by atoms with van der Waals surface area (Å²) in [6.45, 7) is 4.69. The zero-order valence-electron chi connectivity index (χ0n) is 11.5. The molecule has 0 bridgehead atoms. The van der Waals surface area contributed by atoms with Crippen LogP contribution < -0.4 is 10.2 Å². The number of benzene rings is 1. The van der Waals surface area contributed by atoms with E-state index in [1.165, 1.54) is 19.3 Å². The molecule has 1 saturated heterocycles. The van der Waals surface area contributed by atoms with Gasteiger partial charge in [-0.05, 0) is 38.3 Å². The van der Waals surface area contributed by atoms with Crippen molar-refractivity contribution in [3.05, 3.63) is 24.3 Å². The summed E-state index contributed by atoms with van der Waals surface area (Å²) >= 11 is 0. The van der Waals surface area contributed by atoms with Gasteiger partial charge in [-0.15, -0.1) is 0 Å². The molecule has 2 rings (SSSR count). The van der Waals surface area contributed by atoms with E-state index in [1.54, 1.807) is 0 Å². The third-order valence-corrected chi connectivity index (χ3v) is 3.31. The summed E-state index contributed by atoms with van der Waals surface area (Å²) in [5.41, 5.74) is 2.00. The Labute approximate surface area is 114 Å². The first-order valence-corrected chi connectivity index (χ1v) is 7.03. The number of anilines is 2. The van der Waals surface area contributed by atoms with Crippen molar-refractivity contribution in [2.24, 2.45) is 0 Å². The van der Waals surface area contributed by atoms with Crippen molar-refractivity contribution >= 4 is 17.3 Å². The second kappa shape index (κ2) is 7.14. The molecular weight excluding hydrogens is 240 g/mol. The van der Waals surface area contributed by atoms with E-state index in [9.17, 15) is 4.79 Å². The molecular formula is C15H22N2O2. The zero-order chi connectivity index (χ0) is 13.5. The number of carbonyl (C=O) groups excluding carboxylic acids is 1. The first-order valence-electron chi connectivity index (χ1n) is 7.03. The van der Waals surface area contributed by atoms with E-state index in [-0.39, 0.29) is 12.5 Å². The predicted octanol–water partition coefficient (Wildman–Crippen LogP) is 2.65. The van der Waals surface area contributed by atoms with Crippen LogP contribution >= 0.6 is 0 Å². The Morgan fingerprint density at radius 3 is 2.74 bits per heavy atom. The topological polar surface area (TPSA) is 41.6 Å². The monoisotopic (exact) mass is 262 g/mol. The minimum atomic E-state index is -0.0914. The predicted molar refractivity (Wildman–Crippen MR) is 77.6 cm³/mol. The highest BCUT2D eigenvalue weighted by Crippen LogP contribution is 2.28. The lowest BCUT2D eigenvalue weighted by Gasteiger charge is -2.30.